The number of pyridine rings is 1. The van der Waals surface area contributed by atoms with Gasteiger partial charge in [-0.1, -0.05) is 53.5 Å². The minimum absolute atomic E-state index is 0.278. The molecule has 0 aliphatic heterocycles. The van der Waals surface area contributed by atoms with E-state index in [0.717, 1.165) is 12.8 Å². The molecule has 1 N–H and O–H groups in total. The van der Waals surface area contributed by atoms with Gasteiger partial charge in [-0.2, -0.15) is 0 Å². The lowest BCUT2D eigenvalue weighted by atomic mass is 10.1. The maximum Gasteiger partial charge on any atom is 0.338 e. The van der Waals surface area contributed by atoms with Gasteiger partial charge in [-0.05, 0) is 30.5 Å². The average molecular weight is 471 g/mol. The average Bonchev–Trinajstić information content (AvgIpc) is 2.79. The number of nitrogens with one attached hydrogen (secondary N) is 1. The molecule has 0 aliphatic rings. The van der Waals surface area contributed by atoms with Crippen molar-refractivity contribution in [2.45, 2.75) is 12.8 Å². The van der Waals surface area contributed by atoms with Crippen molar-refractivity contribution < 1.29 is 13.9 Å². The van der Waals surface area contributed by atoms with Gasteiger partial charge in [0.1, 0.15) is 0 Å². The second-order valence-electron chi connectivity index (χ2n) is 6.99. The van der Waals surface area contributed by atoms with Crippen LogP contribution in [0, 0.1) is 0 Å². The second-order valence-corrected chi connectivity index (χ2v) is 7.81. The normalized spacial score (nSPS) is 10.8. The van der Waals surface area contributed by atoms with Crippen LogP contribution in [-0.2, 0) is 6.42 Å². The molecule has 0 spiro atoms. The highest BCUT2D eigenvalue weighted by Crippen LogP contribution is 2.40. The maximum atomic E-state index is 12.3. The van der Waals surface area contributed by atoms with E-state index in [1.807, 2.05) is 18.2 Å². The van der Waals surface area contributed by atoms with Gasteiger partial charge in [-0.15, -0.1) is 0 Å². The van der Waals surface area contributed by atoms with Crippen molar-refractivity contribution in [1.29, 1.82) is 0 Å². The van der Waals surface area contributed by atoms with Crippen LogP contribution in [0.1, 0.15) is 12.0 Å². The zero-order valence-corrected chi connectivity index (χ0v) is 18.7. The highest BCUT2D eigenvalue weighted by atomic mass is 35.5. The van der Waals surface area contributed by atoms with E-state index in [-0.39, 0.29) is 5.58 Å². The van der Waals surface area contributed by atoms with Crippen molar-refractivity contribution in [2.24, 2.45) is 0 Å². The van der Waals surface area contributed by atoms with Crippen LogP contribution in [-0.4, -0.2) is 18.7 Å². The van der Waals surface area contributed by atoms with E-state index in [2.05, 4.69) is 22.4 Å². The third-order valence-electron chi connectivity index (χ3n) is 4.86. The van der Waals surface area contributed by atoms with Gasteiger partial charge in [0.15, 0.2) is 11.3 Å². The number of benzene rings is 2. The van der Waals surface area contributed by atoms with E-state index < -0.39 is 5.63 Å². The SMILES string of the molecule is COc1ccc2c(Nc3c(Cl)cncc3Cl)cc(=O)oc2c1OCCCc1ccccc1. The fraction of sp³-hybridized carbons (Fsp3) is 0.167. The molecule has 4 aromatic rings. The summed E-state index contributed by atoms with van der Waals surface area (Å²) in [6.45, 7) is 0.424. The smallest absolute Gasteiger partial charge is 0.338 e. The Morgan fingerprint density at radius 3 is 2.53 bits per heavy atom. The van der Waals surface area contributed by atoms with Crippen LogP contribution in [0.15, 0.2) is 70.1 Å². The number of aryl methyl sites for hydroxylation is 1. The van der Waals surface area contributed by atoms with E-state index >= 15 is 0 Å². The van der Waals surface area contributed by atoms with Crippen LogP contribution in [0.5, 0.6) is 11.5 Å². The lowest BCUT2D eigenvalue weighted by Gasteiger charge is -2.15. The molecule has 2 aromatic carbocycles. The van der Waals surface area contributed by atoms with Gasteiger partial charge in [-0.3, -0.25) is 4.98 Å². The molecular weight excluding hydrogens is 451 g/mol. The highest BCUT2D eigenvalue weighted by Gasteiger charge is 2.17. The lowest BCUT2D eigenvalue weighted by molar-refractivity contribution is 0.288. The van der Waals surface area contributed by atoms with E-state index in [1.165, 1.54) is 31.1 Å². The molecule has 8 heteroatoms. The number of hydrogen-bond acceptors (Lipinski definition) is 6. The van der Waals surface area contributed by atoms with Crippen molar-refractivity contribution >= 4 is 45.5 Å². The van der Waals surface area contributed by atoms with Crippen LogP contribution in [0.2, 0.25) is 10.0 Å². The summed E-state index contributed by atoms with van der Waals surface area (Å²) in [7, 11) is 1.54. The maximum absolute atomic E-state index is 12.3. The summed E-state index contributed by atoms with van der Waals surface area (Å²) in [5.41, 5.74) is 1.87. The van der Waals surface area contributed by atoms with Gasteiger partial charge in [0, 0.05) is 23.8 Å². The predicted molar refractivity (Wildman–Crippen MR) is 127 cm³/mol. The number of rotatable bonds is 8. The second kappa shape index (κ2) is 9.94. The predicted octanol–water partition coefficient (Wildman–Crippen LogP) is 6.26. The van der Waals surface area contributed by atoms with Gasteiger partial charge in [-0.25, -0.2) is 4.79 Å². The molecule has 0 unspecified atom stereocenters. The Hall–Kier alpha value is -3.22. The highest BCUT2D eigenvalue weighted by molar-refractivity contribution is 6.39. The van der Waals surface area contributed by atoms with Gasteiger partial charge >= 0.3 is 5.63 Å². The van der Waals surface area contributed by atoms with Crippen molar-refractivity contribution in [2.75, 3.05) is 19.0 Å². The summed E-state index contributed by atoms with van der Waals surface area (Å²) in [6.07, 6.45) is 4.58. The van der Waals surface area contributed by atoms with Crippen molar-refractivity contribution in [3.8, 4) is 11.5 Å². The molecular formula is C24H20Cl2N2O4. The molecule has 0 amide bonds. The molecule has 0 saturated heterocycles. The standard InChI is InChI=1S/C24H20Cl2N2O4/c1-30-20-10-9-16-19(28-22-17(25)13-27-14-18(22)26)12-21(29)32-23(16)24(20)31-11-5-8-15-6-3-2-4-7-15/h2-4,6-7,9-10,12-14H,5,8,11H2,1H3,(H,27,28). The molecule has 4 rings (SSSR count). The molecule has 0 atom stereocenters. The Bertz CT molecular complexity index is 1270. The summed E-state index contributed by atoms with van der Waals surface area (Å²) in [4.78, 5) is 16.3. The van der Waals surface area contributed by atoms with Crippen LogP contribution in [0.3, 0.4) is 0 Å². The number of nitrogens with zero attached hydrogens (tertiary/aromatic N) is 1. The van der Waals surface area contributed by atoms with Crippen molar-refractivity contribution in [1.82, 2.24) is 4.98 Å². The third kappa shape index (κ3) is 4.82. The molecule has 0 aliphatic carbocycles. The summed E-state index contributed by atoms with van der Waals surface area (Å²) < 4.78 is 17.0. The fourth-order valence-electron chi connectivity index (χ4n) is 3.35. The Labute approximate surface area is 194 Å². The first-order valence-electron chi connectivity index (χ1n) is 9.94. The minimum atomic E-state index is -0.552. The summed E-state index contributed by atoms with van der Waals surface area (Å²) in [5, 5.41) is 4.38. The number of ether oxygens (including phenoxy) is 2. The number of anilines is 2. The molecule has 0 fully saturated rings. The van der Waals surface area contributed by atoms with Crippen LogP contribution < -0.4 is 20.4 Å². The van der Waals surface area contributed by atoms with Gasteiger partial charge < -0.3 is 19.2 Å². The van der Waals surface area contributed by atoms with E-state index in [9.17, 15) is 4.79 Å². The first-order valence-corrected chi connectivity index (χ1v) is 10.7. The Morgan fingerprint density at radius 1 is 1.06 bits per heavy atom. The number of halogens is 2. The van der Waals surface area contributed by atoms with Crippen molar-refractivity contribution in [3.05, 3.63) is 87.0 Å². The molecule has 164 valence electrons. The number of aromatic nitrogens is 1. The molecule has 0 radical (unpaired) electrons. The largest absolute Gasteiger partial charge is 0.493 e. The number of fused-ring (bicyclic) bond motifs is 1. The van der Waals surface area contributed by atoms with E-state index in [4.69, 9.17) is 37.1 Å². The minimum Gasteiger partial charge on any atom is -0.493 e. The number of hydrogen-bond donors (Lipinski definition) is 1. The Morgan fingerprint density at radius 2 is 1.81 bits per heavy atom. The fourth-order valence-corrected chi connectivity index (χ4v) is 3.80. The molecule has 0 saturated carbocycles. The summed E-state index contributed by atoms with van der Waals surface area (Å²) in [6, 6.07) is 15.0. The summed E-state index contributed by atoms with van der Waals surface area (Å²) in [5.74, 6) is 0.836. The molecule has 6 nitrogen and oxygen atoms in total. The van der Waals surface area contributed by atoms with Gasteiger partial charge in [0.2, 0.25) is 5.75 Å². The van der Waals surface area contributed by atoms with Crippen LogP contribution in [0.25, 0.3) is 11.0 Å². The Balaban J connectivity index is 1.65. The van der Waals surface area contributed by atoms with E-state index in [1.54, 1.807) is 12.1 Å². The van der Waals surface area contributed by atoms with Crippen LogP contribution >= 0.6 is 23.2 Å². The van der Waals surface area contributed by atoms with Crippen LogP contribution in [0.4, 0.5) is 11.4 Å². The first kappa shape index (κ1) is 22.0. The molecule has 2 aromatic heterocycles. The van der Waals surface area contributed by atoms with Gasteiger partial charge in [0.05, 0.1) is 35.1 Å². The van der Waals surface area contributed by atoms with E-state index in [0.29, 0.717) is 44.9 Å². The number of methoxy groups -OCH3 is 1. The summed E-state index contributed by atoms with van der Waals surface area (Å²) >= 11 is 12.5. The Kier molecular flexibility index (Phi) is 6.83. The van der Waals surface area contributed by atoms with Gasteiger partial charge in [0.25, 0.3) is 0 Å². The first-order chi connectivity index (χ1) is 15.6. The van der Waals surface area contributed by atoms with Crippen molar-refractivity contribution in [3.63, 3.8) is 0 Å². The zero-order valence-electron chi connectivity index (χ0n) is 17.2. The molecule has 2 heterocycles. The molecule has 0 bridgehead atoms. The monoisotopic (exact) mass is 470 g/mol. The lowest BCUT2D eigenvalue weighted by Crippen LogP contribution is -2.06. The third-order valence-corrected chi connectivity index (χ3v) is 5.44. The quantitative estimate of drug-likeness (QED) is 0.242. The zero-order chi connectivity index (χ0) is 22.5. The topological polar surface area (TPSA) is 73.6 Å². The molecule has 32 heavy (non-hydrogen) atoms.